The number of aliphatic hydroxyl groups excluding tert-OH is 1. The Hall–Kier alpha value is -3.04. The number of ether oxygens (including phenoxy) is 5. The van der Waals surface area contributed by atoms with E-state index in [4.69, 9.17) is 33.2 Å². The molecule has 1 amide bonds. The van der Waals surface area contributed by atoms with E-state index in [-0.39, 0.29) is 24.0 Å². The number of methoxy groups -OCH3 is 1. The number of ketones is 1. The van der Waals surface area contributed by atoms with Crippen LogP contribution in [-0.2, 0) is 39.7 Å². The zero-order valence-electron chi connectivity index (χ0n) is 32.7. The molecule has 14 heteroatoms. The Morgan fingerprint density at radius 2 is 1.81 bits per heavy atom. The van der Waals surface area contributed by atoms with Gasteiger partial charge < -0.3 is 38.1 Å². The highest BCUT2D eigenvalue weighted by Crippen LogP contribution is 2.45. The lowest BCUT2D eigenvalue weighted by Gasteiger charge is -2.49. The van der Waals surface area contributed by atoms with Crippen molar-refractivity contribution in [1.82, 2.24) is 15.0 Å². The van der Waals surface area contributed by atoms with Crippen molar-refractivity contribution in [3.8, 4) is 0 Å². The number of hydrazone groups is 1. The third-order valence-electron chi connectivity index (χ3n) is 11.9. The van der Waals surface area contributed by atoms with Gasteiger partial charge in [0.15, 0.2) is 17.7 Å². The number of hydrogen-bond acceptors (Lipinski definition) is 13. The van der Waals surface area contributed by atoms with Gasteiger partial charge in [-0.2, -0.15) is 15.2 Å². The van der Waals surface area contributed by atoms with Gasteiger partial charge in [0, 0.05) is 37.1 Å². The maximum absolute atomic E-state index is 14.3. The summed E-state index contributed by atoms with van der Waals surface area (Å²) in [6.45, 7) is 15.2. The van der Waals surface area contributed by atoms with Gasteiger partial charge in [0.25, 0.3) is 0 Å². The second-order valence-corrected chi connectivity index (χ2v) is 15.9. The normalized spacial score (nSPS) is 40.4. The summed E-state index contributed by atoms with van der Waals surface area (Å²) in [5.41, 5.74) is -1.56. The lowest BCUT2D eigenvalue weighted by atomic mass is 9.73. The van der Waals surface area contributed by atoms with Crippen molar-refractivity contribution in [3.63, 3.8) is 0 Å². The predicted molar refractivity (Wildman–Crippen MR) is 191 cm³/mol. The summed E-state index contributed by atoms with van der Waals surface area (Å²) in [7, 11) is 5.37. The summed E-state index contributed by atoms with van der Waals surface area (Å²) in [6.07, 6.45) is -0.408. The molecule has 3 fully saturated rings. The molecule has 1 unspecified atom stereocenters. The van der Waals surface area contributed by atoms with Crippen LogP contribution in [-0.4, -0.2) is 125 Å². The Labute approximate surface area is 308 Å². The highest BCUT2D eigenvalue weighted by Gasteiger charge is 2.63. The summed E-state index contributed by atoms with van der Waals surface area (Å²) < 4.78 is 37.1. The van der Waals surface area contributed by atoms with Crippen LogP contribution in [0.2, 0.25) is 0 Å². The fourth-order valence-electron chi connectivity index (χ4n) is 8.97. The van der Waals surface area contributed by atoms with E-state index in [1.807, 2.05) is 65.7 Å². The smallest absolute Gasteiger partial charge is 0.431 e. The van der Waals surface area contributed by atoms with E-state index in [0.717, 1.165) is 11.5 Å². The van der Waals surface area contributed by atoms with Gasteiger partial charge in [-0.3, -0.25) is 9.59 Å². The number of hydrazine groups is 1. The lowest BCUT2D eigenvalue weighted by molar-refractivity contribution is -0.295. The number of furan rings is 1. The number of rotatable bonds is 9. The fourth-order valence-corrected chi connectivity index (χ4v) is 8.97. The van der Waals surface area contributed by atoms with Gasteiger partial charge in [0.05, 0.1) is 30.6 Å². The van der Waals surface area contributed by atoms with Crippen LogP contribution in [0.25, 0.3) is 0 Å². The molecule has 4 aliphatic rings. The molecule has 5 heterocycles. The third kappa shape index (κ3) is 7.51. The summed E-state index contributed by atoms with van der Waals surface area (Å²) in [5.74, 6) is -2.88. The highest BCUT2D eigenvalue weighted by molar-refractivity contribution is 6.00. The van der Waals surface area contributed by atoms with Crippen LogP contribution < -0.4 is 0 Å². The van der Waals surface area contributed by atoms with E-state index in [1.54, 1.807) is 30.4 Å². The number of aryl methyl sites for hydroxylation is 1. The first-order valence-corrected chi connectivity index (χ1v) is 18.8. The number of Topliss-reactive ketones (excluding diaryl/α,β-unsaturated/α-hetero) is 1. The molecule has 1 aromatic rings. The average molecular weight is 733 g/mol. The van der Waals surface area contributed by atoms with E-state index in [0.29, 0.717) is 38.6 Å². The second kappa shape index (κ2) is 15.7. The fraction of sp³-hybridized carbons (Fsp3) is 0.789. The molecule has 0 spiro atoms. The van der Waals surface area contributed by atoms with Crippen molar-refractivity contribution in [2.75, 3.05) is 27.7 Å². The number of fused-ring (bicyclic) bond motifs is 1. The maximum Gasteiger partial charge on any atom is 0.431 e. The van der Waals surface area contributed by atoms with Crippen molar-refractivity contribution in [3.05, 3.63) is 24.2 Å². The molecule has 52 heavy (non-hydrogen) atoms. The number of carbonyl (C=O) groups is 3. The van der Waals surface area contributed by atoms with E-state index in [1.165, 1.54) is 6.92 Å². The number of hydrogen-bond donors (Lipinski definition) is 1. The zero-order chi connectivity index (χ0) is 38.3. The quantitative estimate of drug-likeness (QED) is 0.282. The van der Waals surface area contributed by atoms with Crippen molar-refractivity contribution in [2.24, 2.45) is 28.8 Å². The first kappa shape index (κ1) is 40.2. The van der Waals surface area contributed by atoms with Crippen LogP contribution in [0.5, 0.6) is 0 Å². The van der Waals surface area contributed by atoms with Gasteiger partial charge in [0.1, 0.15) is 29.9 Å². The average Bonchev–Trinajstić information content (AvgIpc) is 3.72. The molecular formula is C38H60N4O10. The summed E-state index contributed by atoms with van der Waals surface area (Å²) in [4.78, 5) is 43.9. The number of nitrogens with zero attached hydrogens (tertiary/aromatic N) is 4. The van der Waals surface area contributed by atoms with Crippen LogP contribution in [0, 0.1) is 23.7 Å². The molecule has 0 saturated carbocycles. The van der Waals surface area contributed by atoms with Gasteiger partial charge in [-0.1, -0.05) is 27.7 Å². The molecular weight excluding hydrogens is 672 g/mol. The number of amides is 1. The molecule has 5 rings (SSSR count). The lowest BCUT2D eigenvalue weighted by Crippen LogP contribution is -2.63. The van der Waals surface area contributed by atoms with Crippen LogP contribution in [0.3, 0.4) is 0 Å². The number of cyclic esters (lactones) is 1. The van der Waals surface area contributed by atoms with Crippen molar-refractivity contribution in [1.29, 1.82) is 0 Å². The van der Waals surface area contributed by atoms with E-state index < -0.39 is 71.5 Å². The van der Waals surface area contributed by atoms with Gasteiger partial charge in [-0.25, -0.2) is 4.79 Å². The minimum absolute atomic E-state index is 0.220. The maximum atomic E-state index is 14.3. The zero-order valence-corrected chi connectivity index (χ0v) is 32.7. The SMILES string of the molecule is CC[C@H]1OC(=O)[C@@H](C)C(=O)[C@@H](C)[C@H](O[C@H]2O[C@@H](C)C[C@@H](N(C)C)[C@@H]2O)C(C)(OC)C[C@@H](C)C2=NN(CCCc3ccco3)N3C(=O)O[C@@]1(C)[C@H]3[C@@H]2C. The van der Waals surface area contributed by atoms with Gasteiger partial charge in [-0.15, -0.1) is 0 Å². The van der Waals surface area contributed by atoms with Crippen LogP contribution in [0.1, 0.15) is 86.8 Å². The number of likely N-dealkylation sites (N-methyl/N-ethyl adjacent to an activating group) is 1. The molecule has 292 valence electrons. The Balaban J connectivity index is 1.58. The molecule has 0 aromatic carbocycles. The van der Waals surface area contributed by atoms with Gasteiger partial charge in [0.2, 0.25) is 0 Å². The largest absolute Gasteiger partial charge is 0.469 e. The highest BCUT2D eigenvalue weighted by atomic mass is 16.7. The van der Waals surface area contributed by atoms with Crippen LogP contribution in [0.4, 0.5) is 4.79 Å². The summed E-state index contributed by atoms with van der Waals surface area (Å²) in [6, 6.07) is 2.95. The topological polar surface area (TPSA) is 153 Å². The molecule has 4 aliphatic heterocycles. The molecule has 14 nitrogen and oxygen atoms in total. The first-order chi connectivity index (χ1) is 24.5. The molecule has 1 aromatic heterocycles. The number of esters is 1. The molecule has 0 aliphatic carbocycles. The van der Waals surface area contributed by atoms with Crippen molar-refractivity contribution in [2.45, 2.75) is 141 Å². The minimum atomic E-state index is -1.25. The number of carbonyl (C=O) groups excluding carboxylic acids is 3. The predicted octanol–water partition coefficient (Wildman–Crippen LogP) is 4.43. The Morgan fingerprint density at radius 1 is 1.10 bits per heavy atom. The van der Waals surface area contributed by atoms with Crippen molar-refractivity contribution >= 4 is 23.6 Å². The Kier molecular flexibility index (Phi) is 12.2. The first-order valence-electron chi connectivity index (χ1n) is 18.8. The molecule has 1 N–H and O–H groups in total. The van der Waals surface area contributed by atoms with E-state index in [9.17, 15) is 19.5 Å². The molecule has 13 atom stereocenters. The Bertz CT molecular complexity index is 1450. The monoisotopic (exact) mass is 732 g/mol. The van der Waals surface area contributed by atoms with E-state index in [2.05, 4.69) is 6.92 Å². The van der Waals surface area contributed by atoms with E-state index >= 15 is 0 Å². The Morgan fingerprint density at radius 3 is 2.42 bits per heavy atom. The third-order valence-corrected chi connectivity index (χ3v) is 11.9. The molecule has 2 bridgehead atoms. The van der Waals surface area contributed by atoms with Crippen molar-refractivity contribution < 1.29 is 47.6 Å². The van der Waals surface area contributed by atoms with Crippen LogP contribution in [0.15, 0.2) is 27.9 Å². The molecule has 3 saturated heterocycles. The number of aliphatic hydroxyl groups is 1. The molecule has 0 radical (unpaired) electrons. The standard InChI is InChI=1S/C38H60N4O10/c1-12-28-38(8)32-23(4)29(39-41(42(32)36(46)52-38)17-13-15-26-16-14-18-48-26)21(2)20-37(7,47-11)33(24(5)30(43)25(6)34(45)50-28)51-35-31(44)27(40(9)10)19-22(3)49-35/h14,16,18,21-25,27-28,31-33,35,44H,12-13,15,17,19-20H2,1-11H3/t21-,22+,23-,24-,25+,27-,28-,31+,32-,33+,35-,37?,38-/m1/s1. The minimum Gasteiger partial charge on any atom is -0.469 e. The summed E-state index contributed by atoms with van der Waals surface area (Å²) >= 11 is 0. The summed E-state index contributed by atoms with van der Waals surface area (Å²) in [5, 5.41) is 19.8. The van der Waals surface area contributed by atoms with Gasteiger partial charge in [-0.05, 0) is 85.5 Å². The van der Waals surface area contributed by atoms with Gasteiger partial charge >= 0.3 is 12.1 Å². The second-order valence-electron chi connectivity index (χ2n) is 15.9. The van der Waals surface area contributed by atoms with Crippen LogP contribution >= 0.6 is 0 Å².